The van der Waals surface area contributed by atoms with Crippen LogP contribution >= 0.6 is 11.3 Å². The lowest BCUT2D eigenvalue weighted by atomic mass is 9.93. The molecule has 0 saturated heterocycles. The van der Waals surface area contributed by atoms with Gasteiger partial charge in [-0.15, -0.1) is 11.3 Å². The Morgan fingerprint density at radius 3 is 2.62 bits per heavy atom. The molecule has 0 spiro atoms. The van der Waals surface area contributed by atoms with Gasteiger partial charge in [-0.2, -0.15) is 0 Å². The third-order valence-electron chi connectivity index (χ3n) is 3.37. The SMILES string of the molecule is CC1CC1C(O)Cc1nc(C(C)(C)C)cs1. The van der Waals surface area contributed by atoms with Crippen molar-refractivity contribution < 1.29 is 5.11 Å². The van der Waals surface area contributed by atoms with Crippen molar-refractivity contribution >= 4 is 11.3 Å². The fourth-order valence-electron chi connectivity index (χ4n) is 1.97. The van der Waals surface area contributed by atoms with Crippen molar-refractivity contribution in [2.75, 3.05) is 0 Å². The Balaban J connectivity index is 1.97. The highest BCUT2D eigenvalue weighted by Gasteiger charge is 2.38. The second-order valence-electron chi connectivity index (χ2n) is 6.02. The molecule has 0 amide bonds. The molecule has 1 N–H and O–H groups in total. The van der Waals surface area contributed by atoms with Crippen LogP contribution in [-0.2, 0) is 11.8 Å². The minimum Gasteiger partial charge on any atom is -0.392 e. The van der Waals surface area contributed by atoms with Gasteiger partial charge in [0.2, 0.25) is 0 Å². The molecule has 0 radical (unpaired) electrons. The number of hydrogen-bond donors (Lipinski definition) is 1. The molecular formula is C13H21NOS. The highest BCUT2D eigenvalue weighted by molar-refractivity contribution is 7.09. The molecule has 1 aromatic heterocycles. The third kappa shape index (κ3) is 2.64. The lowest BCUT2D eigenvalue weighted by Gasteiger charge is -2.14. The Bertz CT molecular complexity index is 366. The number of rotatable bonds is 3. The molecule has 3 unspecified atom stereocenters. The summed E-state index contributed by atoms with van der Waals surface area (Å²) in [5.74, 6) is 1.22. The van der Waals surface area contributed by atoms with Crippen LogP contribution < -0.4 is 0 Å². The van der Waals surface area contributed by atoms with E-state index in [1.54, 1.807) is 11.3 Å². The highest BCUT2D eigenvalue weighted by atomic mass is 32.1. The largest absolute Gasteiger partial charge is 0.392 e. The maximum absolute atomic E-state index is 9.99. The van der Waals surface area contributed by atoms with E-state index in [0.29, 0.717) is 11.8 Å². The number of nitrogens with zero attached hydrogens (tertiary/aromatic N) is 1. The predicted octanol–water partition coefficient (Wildman–Crippen LogP) is 3.00. The van der Waals surface area contributed by atoms with Gasteiger partial charge in [0.1, 0.15) is 0 Å². The summed E-state index contributed by atoms with van der Waals surface area (Å²) in [4.78, 5) is 4.62. The van der Waals surface area contributed by atoms with Crippen molar-refractivity contribution in [2.24, 2.45) is 11.8 Å². The fourth-order valence-corrected chi connectivity index (χ4v) is 3.04. The zero-order valence-electron chi connectivity index (χ0n) is 10.5. The summed E-state index contributed by atoms with van der Waals surface area (Å²) in [5, 5.41) is 13.2. The smallest absolute Gasteiger partial charge is 0.0954 e. The number of aliphatic hydroxyl groups excluding tert-OH is 1. The average molecular weight is 239 g/mol. The molecule has 1 fully saturated rings. The predicted molar refractivity (Wildman–Crippen MR) is 67.8 cm³/mol. The monoisotopic (exact) mass is 239 g/mol. The van der Waals surface area contributed by atoms with Crippen molar-refractivity contribution in [1.29, 1.82) is 0 Å². The van der Waals surface area contributed by atoms with Crippen molar-refractivity contribution in [3.63, 3.8) is 0 Å². The molecule has 1 aliphatic rings. The van der Waals surface area contributed by atoms with Gasteiger partial charge in [-0.3, -0.25) is 0 Å². The minimum atomic E-state index is -0.186. The molecule has 0 aromatic carbocycles. The molecule has 1 saturated carbocycles. The zero-order chi connectivity index (χ0) is 11.9. The van der Waals surface area contributed by atoms with Gasteiger partial charge in [-0.1, -0.05) is 27.7 Å². The summed E-state index contributed by atoms with van der Waals surface area (Å²) in [5.41, 5.74) is 1.26. The zero-order valence-corrected chi connectivity index (χ0v) is 11.3. The first kappa shape index (κ1) is 12.1. The van der Waals surface area contributed by atoms with Crippen LogP contribution in [-0.4, -0.2) is 16.2 Å². The lowest BCUT2D eigenvalue weighted by molar-refractivity contribution is 0.146. The molecule has 3 heteroatoms. The Labute approximate surface area is 102 Å². The molecule has 1 aliphatic carbocycles. The highest BCUT2D eigenvalue weighted by Crippen LogP contribution is 2.41. The van der Waals surface area contributed by atoms with Crippen LogP contribution in [0.1, 0.15) is 44.8 Å². The molecule has 0 aliphatic heterocycles. The molecular weight excluding hydrogens is 218 g/mol. The second kappa shape index (κ2) is 4.11. The first-order valence-corrected chi connectivity index (χ1v) is 6.89. The summed E-state index contributed by atoms with van der Waals surface area (Å²) in [6.07, 6.45) is 1.72. The summed E-state index contributed by atoms with van der Waals surface area (Å²) in [7, 11) is 0. The summed E-state index contributed by atoms with van der Waals surface area (Å²) in [6, 6.07) is 0. The van der Waals surface area contributed by atoms with Crippen LogP contribution in [0, 0.1) is 11.8 Å². The summed E-state index contributed by atoms with van der Waals surface area (Å²) in [6.45, 7) is 8.72. The van der Waals surface area contributed by atoms with E-state index >= 15 is 0 Å². The quantitative estimate of drug-likeness (QED) is 0.879. The molecule has 1 heterocycles. The number of hydrogen-bond acceptors (Lipinski definition) is 3. The second-order valence-corrected chi connectivity index (χ2v) is 6.97. The number of thiazole rings is 1. The van der Waals surface area contributed by atoms with Crippen molar-refractivity contribution in [2.45, 2.75) is 52.1 Å². The first-order valence-electron chi connectivity index (χ1n) is 6.01. The molecule has 3 atom stereocenters. The van der Waals surface area contributed by atoms with Crippen LogP contribution in [0.5, 0.6) is 0 Å². The van der Waals surface area contributed by atoms with E-state index in [1.165, 1.54) is 6.42 Å². The average Bonchev–Trinajstić information content (AvgIpc) is 2.71. The molecule has 1 aromatic rings. The number of aliphatic hydroxyl groups is 1. The van der Waals surface area contributed by atoms with Crippen LogP contribution in [0.15, 0.2) is 5.38 Å². The van der Waals surface area contributed by atoms with Gasteiger partial charge in [0.15, 0.2) is 0 Å². The molecule has 2 nitrogen and oxygen atoms in total. The molecule has 16 heavy (non-hydrogen) atoms. The van der Waals surface area contributed by atoms with Crippen molar-refractivity contribution in [3.8, 4) is 0 Å². The fraction of sp³-hybridized carbons (Fsp3) is 0.769. The normalized spacial score (nSPS) is 26.8. The van der Waals surface area contributed by atoms with E-state index in [2.05, 4.69) is 38.1 Å². The molecule has 2 rings (SSSR count). The van der Waals surface area contributed by atoms with E-state index in [1.807, 2.05) is 0 Å². The van der Waals surface area contributed by atoms with Gasteiger partial charge in [0.05, 0.1) is 16.8 Å². The Kier molecular flexibility index (Phi) is 3.10. The Morgan fingerprint density at radius 2 is 2.19 bits per heavy atom. The maximum Gasteiger partial charge on any atom is 0.0954 e. The summed E-state index contributed by atoms with van der Waals surface area (Å²) >= 11 is 1.68. The van der Waals surface area contributed by atoms with E-state index < -0.39 is 0 Å². The van der Waals surface area contributed by atoms with Crippen LogP contribution in [0.25, 0.3) is 0 Å². The minimum absolute atomic E-state index is 0.118. The van der Waals surface area contributed by atoms with Crippen molar-refractivity contribution in [1.82, 2.24) is 4.98 Å². The lowest BCUT2D eigenvalue weighted by Crippen LogP contribution is -2.15. The number of aromatic nitrogens is 1. The van der Waals surface area contributed by atoms with E-state index in [-0.39, 0.29) is 11.5 Å². The van der Waals surface area contributed by atoms with Crippen LogP contribution in [0.2, 0.25) is 0 Å². The Hall–Kier alpha value is -0.410. The summed E-state index contributed by atoms with van der Waals surface area (Å²) < 4.78 is 0. The van der Waals surface area contributed by atoms with E-state index in [4.69, 9.17) is 0 Å². The van der Waals surface area contributed by atoms with E-state index in [0.717, 1.165) is 17.1 Å². The third-order valence-corrected chi connectivity index (χ3v) is 4.24. The van der Waals surface area contributed by atoms with Crippen molar-refractivity contribution in [3.05, 3.63) is 16.1 Å². The van der Waals surface area contributed by atoms with E-state index in [9.17, 15) is 5.11 Å². The maximum atomic E-state index is 9.99. The van der Waals surface area contributed by atoms with Crippen LogP contribution in [0.3, 0.4) is 0 Å². The Morgan fingerprint density at radius 1 is 1.56 bits per heavy atom. The van der Waals surface area contributed by atoms with Gasteiger partial charge in [-0.25, -0.2) is 4.98 Å². The first-order chi connectivity index (χ1) is 7.38. The topological polar surface area (TPSA) is 33.1 Å². The van der Waals surface area contributed by atoms with Gasteiger partial charge in [-0.05, 0) is 18.3 Å². The molecule has 0 bridgehead atoms. The van der Waals surface area contributed by atoms with Crippen LogP contribution in [0.4, 0.5) is 0 Å². The van der Waals surface area contributed by atoms with Gasteiger partial charge in [0.25, 0.3) is 0 Å². The van der Waals surface area contributed by atoms with Gasteiger partial charge < -0.3 is 5.11 Å². The standard InChI is InChI=1S/C13H21NOS/c1-8-5-9(8)10(15)6-12-14-11(7-16-12)13(2,3)4/h7-10,15H,5-6H2,1-4H3. The van der Waals surface area contributed by atoms with Gasteiger partial charge in [0, 0.05) is 17.2 Å². The van der Waals surface area contributed by atoms with Gasteiger partial charge >= 0.3 is 0 Å². The molecule has 90 valence electrons.